The van der Waals surface area contributed by atoms with Crippen molar-refractivity contribution in [1.29, 1.82) is 0 Å². The lowest BCUT2D eigenvalue weighted by Gasteiger charge is -2.22. The van der Waals surface area contributed by atoms with Gasteiger partial charge in [-0.2, -0.15) is 0 Å². The molecule has 0 aromatic rings. The highest BCUT2D eigenvalue weighted by Gasteiger charge is 2.51. The maximum atomic E-state index is 5.89. The van der Waals surface area contributed by atoms with Crippen LogP contribution < -0.4 is 0 Å². The molecule has 1 saturated carbocycles. The van der Waals surface area contributed by atoms with E-state index in [1.807, 2.05) is 0 Å². The molecule has 0 N–H and O–H groups in total. The van der Waals surface area contributed by atoms with E-state index in [9.17, 15) is 0 Å². The van der Waals surface area contributed by atoms with Gasteiger partial charge >= 0.3 is 0 Å². The molecule has 12 heavy (non-hydrogen) atoms. The summed E-state index contributed by atoms with van der Waals surface area (Å²) in [6.45, 7) is 0.797. The highest BCUT2D eigenvalue weighted by molar-refractivity contribution is 4.88. The molecule has 0 radical (unpaired) electrons. The monoisotopic (exact) mass is 170 g/mol. The minimum absolute atomic E-state index is 0.0527. The Balaban J connectivity index is 1.77. The molecular formula is C9H14O3. The molecule has 0 amide bonds. The third kappa shape index (κ3) is 0.934. The van der Waals surface area contributed by atoms with Gasteiger partial charge < -0.3 is 14.2 Å². The summed E-state index contributed by atoms with van der Waals surface area (Å²) in [6.07, 6.45) is 5.77. The Hall–Kier alpha value is -0.120. The topological polar surface area (TPSA) is 27.7 Å². The van der Waals surface area contributed by atoms with Crippen LogP contribution in [0, 0.1) is 0 Å². The van der Waals surface area contributed by atoms with Crippen LogP contribution in [-0.2, 0) is 14.2 Å². The first kappa shape index (κ1) is 7.30. The van der Waals surface area contributed by atoms with Crippen molar-refractivity contribution < 1.29 is 14.2 Å². The normalized spacial score (nSPS) is 44.0. The average Bonchev–Trinajstić information content (AvgIpc) is 2.66. The molecule has 2 atom stereocenters. The van der Waals surface area contributed by atoms with Crippen LogP contribution in [-0.4, -0.2) is 24.8 Å². The van der Waals surface area contributed by atoms with E-state index < -0.39 is 0 Å². The van der Waals surface area contributed by atoms with Crippen molar-refractivity contribution in [2.45, 2.75) is 50.3 Å². The number of hydrogen-bond acceptors (Lipinski definition) is 3. The first-order valence-electron chi connectivity index (χ1n) is 4.85. The molecular weight excluding hydrogens is 156 g/mol. The van der Waals surface area contributed by atoms with Crippen molar-refractivity contribution in [1.82, 2.24) is 0 Å². The molecule has 2 aliphatic heterocycles. The summed E-state index contributed by atoms with van der Waals surface area (Å²) in [6, 6.07) is 0. The van der Waals surface area contributed by atoms with Crippen molar-refractivity contribution in [3.8, 4) is 0 Å². The van der Waals surface area contributed by atoms with Gasteiger partial charge in [0.2, 0.25) is 0 Å². The fourth-order valence-electron chi connectivity index (χ4n) is 2.43. The van der Waals surface area contributed by atoms with Crippen molar-refractivity contribution >= 4 is 0 Å². The van der Waals surface area contributed by atoms with Gasteiger partial charge in [-0.05, 0) is 12.8 Å². The maximum absolute atomic E-state index is 5.89. The van der Waals surface area contributed by atoms with Gasteiger partial charge in [-0.3, -0.25) is 0 Å². The molecule has 0 aromatic heterocycles. The predicted octanol–water partition coefficient (Wildman–Crippen LogP) is 1.42. The molecule has 2 unspecified atom stereocenters. The van der Waals surface area contributed by atoms with Gasteiger partial charge in [0.25, 0.3) is 0 Å². The molecule has 1 spiro atoms. The summed E-state index contributed by atoms with van der Waals surface area (Å²) in [5.41, 5.74) is 0. The van der Waals surface area contributed by atoms with Crippen LogP contribution in [0.15, 0.2) is 0 Å². The molecule has 3 fully saturated rings. The van der Waals surface area contributed by atoms with Gasteiger partial charge in [0, 0.05) is 19.3 Å². The Bertz CT molecular complexity index is 172. The van der Waals surface area contributed by atoms with Gasteiger partial charge in [-0.1, -0.05) is 0 Å². The van der Waals surface area contributed by atoms with Crippen LogP contribution in [0.25, 0.3) is 0 Å². The molecule has 3 heteroatoms. The second kappa shape index (κ2) is 2.44. The minimum Gasteiger partial charge on any atom is -0.350 e. The van der Waals surface area contributed by atoms with Crippen LogP contribution in [0.2, 0.25) is 0 Å². The largest absolute Gasteiger partial charge is 0.350 e. The van der Waals surface area contributed by atoms with E-state index in [0.29, 0.717) is 0 Å². The van der Waals surface area contributed by atoms with E-state index in [0.717, 1.165) is 25.9 Å². The highest BCUT2D eigenvalue weighted by Crippen LogP contribution is 2.44. The molecule has 1 aliphatic carbocycles. The number of fused-ring (bicyclic) bond motifs is 1. The zero-order chi connectivity index (χ0) is 8.02. The van der Waals surface area contributed by atoms with Gasteiger partial charge in [0.05, 0.1) is 6.61 Å². The second-order valence-corrected chi connectivity index (χ2v) is 3.92. The molecule has 3 nitrogen and oxygen atoms in total. The lowest BCUT2D eigenvalue weighted by molar-refractivity contribution is -0.210. The van der Waals surface area contributed by atoms with Crippen LogP contribution in [0.4, 0.5) is 0 Å². The van der Waals surface area contributed by atoms with Gasteiger partial charge in [0.1, 0.15) is 6.10 Å². The van der Waals surface area contributed by atoms with Crippen molar-refractivity contribution in [2.75, 3.05) is 6.61 Å². The number of ether oxygens (including phenoxy) is 3. The SMILES string of the molecule is C1CCC2(C1)OC1CCOC1O2. The summed E-state index contributed by atoms with van der Waals surface area (Å²) in [5.74, 6) is -0.240. The smallest absolute Gasteiger partial charge is 0.187 e. The van der Waals surface area contributed by atoms with Gasteiger partial charge in [-0.15, -0.1) is 0 Å². The van der Waals surface area contributed by atoms with Crippen molar-refractivity contribution in [2.24, 2.45) is 0 Å². The van der Waals surface area contributed by atoms with E-state index in [1.165, 1.54) is 12.8 Å². The summed E-state index contributed by atoms with van der Waals surface area (Å²) in [5, 5.41) is 0. The lowest BCUT2D eigenvalue weighted by atomic mass is 10.2. The van der Waals surface area contributed by atoms with E-state index in [1.54, 1.807) is 0 Å². The summed E-state index contributed by atoms with van der Waals surface area (Å²) in [7, 11) is 0. The fourth-order valence-corrected chi connectivity index (χ4v) is 2.43. The first-order valence-corrected chi connectivity index (χ1v) is 4.85. The van der Waals surface area contributed by atoms with Crippen LogP contribution in [0.5, 0.6) is 0 Å². The first-order chi connectivity index (χ1) is 5.88. The van der Waals surface area contributed by atoms with Crippen LogP contribution >= 0.6 is 0 Å². The Labute approximate surface area is 72.0 Å². The Morgan fingerprint density at radius 2 is 1.92 bits per heavy atom. The zero-order valence-electron chi connectivity index (χ0n) is 7.12. The fraction of sp³-hybridized carbons (Fsp3) is 1.00. The standard InChI is InChI=1S/C9H14O3/c1-2-5-9(4-1)11-7-3-6-10-8(7)12-9/h7-8H,1-6H2. The van der Waals surface area contributed by atoms with E-state index in [4.69, 9.17) is 14.2 Å². The molecule has 0 bridgehead atoms. The summed E-state index contributed by atoms with van der Waals surface area (Å²) in [4.78, 5) is 0. The van der Waals surface area contributed by atoms with Gasteiger partial charge in [-0.25, -0.2) is 0 Å². The van der Waals surface area contributed by atoms with Crippen LogP contribution in [0.3, 0.4) is 0 Å². The van der Waals surface area contributed by atoms with E-state index in [2.05, 4.69) is 0 Å². The number of rotatable bonds is 0. The average molecular weight is 170 g/mol. The molecule has 68 valence electrons. The maximum Gasteiger partial charge on any atom is 0.187 e. The van der Waals surface area contributed by atoms with E-state index in [-0.39, 0.29) is 18.2 Å². The Morgan fingerprint density at radius 1 is 1.08 bits per heavy atom. The molecule has 2 saturated heterocycles. The third-order valence-electron chi connectivity index (χ3n) is 3.05. The molecule has 2 heterocycles. The quantitative estimate of drug-likeness (QED) is 0.550. The van der Waals surface area contributed by atoms with Crippen LogP contribution in [0.1, 0.15) is 32.1 Å². The molecule has 3 rings (SSSR count). The molecule has 3 aliphatic rings. The lowest BCUT2D eigenvalue weighted by Crippen LogP contribution is -2.27. The van der Waals surface area contributed by atoms with E-state index >= 15 is 0 Å². The Kier molecular flexibility index (Phi) is 1.48. The third-order valence-corrected chi connectivity index (χ3v) is 3.05. The molecule has 0 aromatic carbocycles. The van der Waals surface area contributed by atoms with Gasteiger partial charge in [0.15, 0.2) is 12.1 Å². The highest BCUT2D eigenvalue weighted by atomic mass is 16.8. The predicted molar refractivity (Wildman–Crippen MR) is 41.5 cm³/mol. The second-order valence-electron chi connectivity index (χ2n) is 3.92. The summed E-state index contributed by atoms with van der Waals surface area (Å²) >= 11 is 0. The number of hydrogen-bond donors (Lipinski definition) is 0. The summed E-state index contributed by atoms with van der Waals surface area (Å²) < 4.78 is 17.1. The zero-order valence-corrected chi connectivity index (χ0v) is 7.12. The van der Waals surface area contributed by atoms with Crippen molar-refractivity contribution in [3.05, 3.63) is 0 Å². The Morgan fingerprint density at radius 3 is 2.67 bits per heavy atom. The van der Waals surface area contributed by atoms with Crippen molar-refractivity contribution in [3.63, 3.8) is 0 Å². The minimum atomic E-state index is -0.240.